The zero-order valence-corrected chi connectivity index (χ0v) is 28.8. The van der Waals surface area contributed by atoms with Gasteiger partial charge in [-0.05, 0) is 108 Å². The van der Waals surface area contributed by atoms with E-state index in [1.807, 2.05) is 24.3 Å². The Labute approximate surface area is 297 Å². The number of carbonyl (C=O) groups is 2. The van der Waals surface area contributed by atoms with Gasteiger partial charge in [0.05, 0.1) is 29.7 Å². The highest BCUT2D eigenvalue weighted by Crippen LogP contribution is 2.67. The Morgan fingerprint density at radius 3 is 2.31 bits per heavy atom. The number of likely N-dealkylation sites (tertiary alicyclic amines) is 1. The number of esters is 2. The highest BCUT2D eigenvalue weighted by atomic mass is 16.6. The van der Waals surface area contributed by atoms with Gasteiger partial charge in [-0.2, -0.15) is 0 Å². The number of hydrogen-bond donors (Lipinski definition) is 0. The van der Waals surface area contributed by atoms with E-state index in [-0.39, 0.29) is 18.1 Å². The molecular formula is C44H41NO6. The topological polar surface area (TPSA) is 74.3 Å². The van der Waals surface area contributed by atoms with Crippen molar-refractivity contribution in [1.29, 1.82) is 0 Å². The summed E-state index contributed by atoms with van der Waals surface area (Å²) in [6.45, 7) is 3.87. The lowest BCUT2D eigenvalue weighted by molar-refractivity contribution is -0.234. The summed E-state index contributed by atoms with van der Waals surface area (Å²) < 4.78 is 27.1. The zero-order valence-electron chi connectivity index (χ0n) is 28.8. The van der Waals surface area contributed by atoms with Gasteiger partial charge in [-0.1, -0.05) is 72.8 Å². The van der Waals surface area contributed by atoms with E-state index in [0.717, 1.165) is 37.1 Å². The van der Waals surface area contributed by atoms with Crippen LogP contribution < -0.4 is 9.47 Å². The van der Waals surface area contributed by atoms with Crippen LogP contribution in [0.3, 0.4) is 0 Å². The largest absolute Gasteiger partial charge is 0.482 e. The number of carbonyl (C=O) groups excluding carboxylic acids is 2. The molecule has 5 aromatic carbocycles. The molecule has 0 aromatic heterocycles. The van der Waals surface area contributed by atoms with Crippen LogP contribution in [0.5, 0.6) is 11.5 Å². The minimum atomic E-state index is -0.789. The second kappa shape index (κ2) is 11.7. The first-order valence-electron chi connectivity index (χ1n) is 18.5. The number of nitrogens with zero attached hydrogens (tertiary/aromatic N) is 1. The quantitative estimate of drug-likeness (QED) is 0.0937. The van der Waals surface area contributed by atoms with Crippen molar-refractivity contribution in [2.24, 2.45) is 5.92 Å². The summed E-state index contributed by atoms with van der Waals surface area (Å²) in [5.74, 6) is 1.00. The summed E-state index contributed by atoms with van der Waals surface area (Å²) in [6.07, 6.45) is 4.68. The van der Waals surface area contributed by atoms with E-state index >= 15 is 0 Å². The van der Waals surface area contributed by atoms with Gasteiger partial charge in [0, 0.05) is 19.0 Å². The lowest BCUT2D eigenvalue weighted by Crippen LogP contribution is -2.78. The summed E-state index contributed by atoms with van der Waals surface area (Å²) in [5.41, 5.74) is 2.42. The molecule has 5 atom stereocenters. The molecule has 0 amide bonds. The van der Waals surface area contributed by atoms with Crippen molar-refractivity contribution in [3.63, 3.8) is 0 Å². The van der Waals surface area contributed by atoms with E-state index in [1.165, 1.54) is 39.9 Å². The van der Waals surface area contributed by atoms with Crippen LogP contribution in [-0.2, 0) is 32.7 Å². The molecule has 2 aliphatic heterocycles. The molecule has 1 saturated heterocycles. The third-order valence-electron chi connectivity index (χ3n) is 12.5. The van der Waals surface area contributed by atoms with Crippen molar-refractivity contribution in [3.8, 4) is 11.5 Å². The number of fused-ring (bicyclic) bond motifs is 2. The predicted octanol–water partition coefficient (Wildman–Crippen LogP) is 7.93. The van der Waals surface area contributed by atoms with Crippen LogP contribution in [0.4, 0.5) is 0 Å². The standard InChI is InChI=1S/C44H41NO6/c1-27(46)51-44-20-19-37(48-26-35-33-13-7-5-11-30(33)23-31-12-6-8-14-34(31)35)41-43(44)21-22-45(25-28-15-16-28)38(44)24-32-17-18-36(40(50-41)39(32)43)49-42(47)29-9-3-2-4-10-29/h2-14,17-18,23,28,37-38,41H,15-16,19-22,24-26H2,1H3/t37-,38+,41-,43-,44+/m0/s1. The third-order valence-corrected chi connectivity index (χ3v) is 12.5. The number of hydrogen-bond acceptors (Lipinski definition) is 7. The monoisotopic (exact) mass is 679 g/mol. The molecule has 10 rings (SSSR count). The van der Waals surface area contributed by atoms with Crippen molar-refractivity contribution in [1.82, 2.24) is 4.90 Å². The molecule has 0 radical (unpaired) electrons. The molecule has 2 saturated carbocycles. The number of ether oxygens (including phenoxy) is 4. The van der Waals surface area contributed by atoms with Crippen LogP contribution in [0.15, 0.2) is 97.1 Å². The van der Waals surface area contributed by atoms with Gasteiger partial charge < -0.3 is 18.9 Å². The van der Waals surface area contributed by atoms with E-state index in [4.69, 9.17) is 18.9 Å². The maximum atomic E-state index is 13.4. The van der Waals surface area contributed by atoms with Crippen molar-refractivity contribution >= 4 is 33.5 Å². The first kappa shape index (κ1) is 31.1. The Morgan fingerprint density at radius 2 is 1.59 bits per heavy atom. The number of rotatable bonds is 8. The Hall–Kier alpha value is -4.72. The predicted molar refractivity (Wildman–Crippen MR) is 194 cm³/mol. The van der Waals surface area contributed by atoms with E-state index in [2.05, 4.69) is 65.6 Å². The molecule has 2 bridgehead atoms. The highest BCUT2D eigenvalue weighted by Gasteiger charge is 2.75. The summed E-state index contributed by atoms with van der Waals surface area (Å²) in [7, 11) is 0. The van der Waals surface area contributed by atoms with Gasteiger partial charge >= 0.3 is 11.9 Å². The number of piperidine rings is 1. The maximum absolute atomic E-state index is 13.4. The average Bonchev–Trinajstić information content (AvgIpc) is 3.89. The third kappa shape index (κ3) is 4.70. The van der Waals surface area contributed by atoms with Crippen LogP contribution in [0.25, 0.3) is 21.5 Å². The fourth-order valence-electron chi connectivity index (χ4n) is 10.3. The molecule has 3 fully saturated rings. The van der Waals surface area contributed by atoms with E-state index < -0.39 is 23.1 Å². The Morgan fingerprint density at radius 1 is 0.863 bits per heavy atom. The Bertz CT molecular complexity index is 2160. The molecule has 51 heavy (non-hydrogen) atoms. The smallest absolute Gasteiger partial charge is 0.343 e. The molecule has 7 nitrogen and oxygen atoms in total. The van der Waals surface area contributed by atoms with Crippen LogP contribution in [0.1, 0.15) is 66.1 Å². The summed E-state index contributed by atoms with van der Waals surface area (Å²) in [4.78, 5) is 29.2. The molecule has 5 aromatic rings. The lowest BCUT2D eigenvalue weighted by Gasteiger charge is -2.65. The molecule has 1 spiro atoms. The first-order chi connectivity index (χ1) is 24.9. The first-order valence-corrected chi connectivity index (χ1v) is 18.5. The Kier molecular flexibility index (Phi) is 7.10. The van der Waals surface area contributed by atoms with Crippen molar-refractivity contribution in [3.05, 3.63) is 119 Å². The van der Waals surface area contributed by atoms with Crippen LogP contribution in [0, 0.1) is 5.92 Å². The summed E-state index contributed by atoms with van der Waals surface area (Å²) in [5, 5.41) is 4.73. The van der Waals surface area contributed by atoms with Gasteiger partial charge in [0.15, 0.2) is 11.5 Å². The number of benzene rings is 5. The van der Waals surface area contributed by atoms with Gasteiger partial charge in [-0.3, -0.25) is 9.69 Å². The van der Waals surface area contributed by atoms with Gasteiger partial charge in [0.25, 0.3) is 0 Å². The molecule has 258 valence electrons. The second-order valence-corrected chi connectivity index (χ2v) is 15.3. The zero-order chi connectivity index (χ0) is 34.3. The van der Waals surface area contributed by atoms with Crippen molar-refractivity contribution < 1.29 is 28.5 Å². The fraction of sp³-hybridized carbons (Fsp3) is 0.364. The molecule has 2 heterocycles. The minimum Gasteiger partial charge on any atom is -0.482 e. The fourth-order valence-corrected chi connectivity index (χ4v) is 10.3. The average molecular weight is 680 g/mol. The highest BCUT2D eigenvalue weighted by molar-refractivity contribution is 6.02. The minimum absolute atomic E-state index is 0.0287. The van der Waals surface area contributed by atoms with E-state index in [9.17, 15) is 9.59 Å². The van der Waals surface area contributed by atoms with Gasteiger partial charge in [-0.25, -0.2) is 4.79 Å². The van der Waals surface area contributed by atoms with Crippen LogP contribution in [0.2, 0.25) is 0 Å². The van der Waals surface area contributed by atoms with Gasteiger partial charge in [-0.15, -0.1) is 0 Å². The van der Waals surface area contributed by atoms with Crippen molar-refractivity contribution in [2.45, 2.75) is 81.3 Å². The summed E-state index contributed by atoms with van der Waals surface area (Å²) >= 11 is 0. The lowest BCUT2D eigenvalue weighted by atomic mass is 9.48. The molecule has 3 aliphatic carbocycles. The second-order valence-electron chi connectivity index (χ2n) is 15.3. The SMILES string of the molecule is CC(=O)O[C@@]12CC[C@H](OCc3c4ccccc4cc4ccccc34)[C@@H]3Oc4c(OC(=O)c5ccccc5)ccc5c4[C@@]31CCN(CC1CC1)[C@@H]2C5. The molecule has 5 aliphatic rings. The molecule has 7 heteroatoms. The molecular weight excluding hydrogens is 638 g/mol. The molecule has 0 unspecified atom stereocenters. The van der Waals surface area contributed by atoms with Crippen molar-refractivity contribution in [2.75, 3.05) is 13.1 Å². The normalized spacial score (nSPS) is 27.5. The van der Waals surface area contributed by atoms with E-state index in [1.54, 1.807) is 19.1 Å². The summed E-state index contributed by atoms with van der Waals surface area (Å²) in [6, 6.07) is 32.3. The van der Waals surface area contributed by atoms with E-state index in [0.29, 0.717) is 42.4 Å². The Balaban J connectivity index is 1.08. The van der Waals surface area contributed by atoms with Crippen LogP contribution in [-0.4, -0.2) is 53.8 Å². The maximum Gasteiger partial charge on any atom is 0.343 e. The molecule has 0 N–H and O–H groups in total. The van der Waals surface area contributed by atoms with Gasteiger partial charge in [0.1, 0.15) is 11.7 Å². The van der Waals surface area contributed by atoms with Crippen LogP contribution >= 0.6 is 0 Å². The van der Waals surface area contributed by atoms with Gasteiger partial charge in [0.2, 0.25) is 0 Å².